The maximum atomic E-state index is 14.1. The molecule has 11 nitrogen and oxygen atoms in total. The van der Waals surface area contributed by atoms with E-state index in [-0.39, 0.29) is 36.4 Å². The number of carbonyl (C=O) groups is 5. The molecule has 2 aromatic rings. The average Bonchev–Trinajstić information content (AvgIpc) is 3.42. The van der Waals surface area contributed by atoms with Crippen molar-refractivity contribution in [3.8, 4) is 0 Å². The Kier molecular flexibility index (Phi) is 12.8. The molecular weight excluding hydrogens is 586 g/mol. The molecule has 2 saturated heterocycles. The summed E-state index contributed by atoms with van der Waals surface area (Å²) in [4.78, 5) is 74.8. The summed E-state index contributed by atoms with van der Waals surface area (Å²) in [6.07, 6.45) is 8.43. The number of ketones is 2. The van der Waals surface area contributed by atoms with Crippen molar-refractivity contribution < 1.29 is 28.8 Å². The Bertz CT molecular complexity index is 1390. The lowest BCUT2D eigenvalue weighted by atomic mass is 9.93. The smallest absolute Gasteiger partial charge is 0.243 e. The van der Waals surface area contributed by atoms with Crippen LogP contribution in [0, 0.1) is 5.92 Å². The Labute approximate surface area is 272 Å². The lowest BCUT2D eigenvalue weighted by molar-refractivity contribution is -0.134. The zero-order chi connectivity index (χ0) is 33.2. The number of nitrogens with zero attached hydrogens (tertiary/aromatic N) is 2. The van der Waals surface area contributed by atoms with Crippen LogP contribution in [0.3, 0.4) is 0 Å². The largest absolute Gasteiger partial charge is 0.417 e. The summed E-state index contributed by atoms with van der Waals surface area (Å²) < 4.78 is 1.62. The molecule has 4 rings (SSSR count). The molecule has 2 fully saturated rings. The first-order chi connectivity index (χ1) is 22.2. The molecule has 0 spiro atoms. The van der Waals surface area contributed by atoms with Crippen LogP contribution in [-0.4, -0.2) is 83.3 Å². The number of para-hydroxylation sites is 1. The predicted molar refractivity (Wildman–Crippen MR) is 176 cm³/mol. The minimum Gasteiger partial charge on any atom is -0.417 e. The molecular formula is C35H51N5O6. The normalized spacial score (nSPS) is 24.1. The van der Waals surface area contributed by atoms with E-state index < -0.39 is 36.0 Å². The van der Waals surface area contributed by atoms with Crippen LogP contribution in [-0.2, 0) is 30.4 Å². The summed E-state index contributed by atoms with van der Waals surface area (Å²) in [7, 11) is 1.56. The summed E-state index contributed by atoms with van der Waals surface area (Å²) in [6.45, 7) is 6.41. The molecule has 2 aliphatic rings. The number of carbonyl (C=O) groups excluding carboxylic acids is 5. The number of fused-ring (bicyclic) bond motifs is 2. The van der Waals surface area contributed by atoms with Gasteiger partial charge in [-0.3, -0.25) is 28.9 Å². The molecule has 3 amide bonds. The van der Waals surface area contributed by atoms with Gasteiger partial charge in [0.2, 0.25) is 17.7 Å². The maximum absolute atomic E-state index is 14.1. The van der Waals surface area contributed by atoms with Crippen molar-refractivity contribution in [3.63, 3.8) is 0 Å². The molecule has 0 saturated carbocycles. The van der Waals surface area contributed by atoms with Gasteiger partial charge in [0.05, 0.1) is 24.1 Å². The molecule has 5 atom stereocenters. The maximum Gasteiger partial charge on any atom is 0.243 e. The summed E-state index contributed by atoms with van der Waals surface area (Å²) in [5, 5.41) is 9.83. The highest BCUT2D eigenvalue weighted by molar-refractivity contribution is 5.97. The Morgan fingerprint density at radius 1 is 0.957 bits per heavy atom. The van der Waals surface area contributed by atoms with Crippen LogP contribution in [0.1, 0.15) is 90.5 Å². The number of hydrogen-bond acceptors (Lipinski definition) is 7. The zero-order valence-corrected chi connectivity index (χ0v) is 27.8. The van der Waals surface area contributed by atoms with E-state index >= 15 is 0 Å². The van der Waals surface area contributed by atoms with Gasteiger partial charge in [-0.05, 0) is 49.8 Å². The average molecular weight is 638 g/mol. The Hall–Kier alpha value is -3.73. The van der Waals surface area contributed by atoms with Crippen molar-refractivity contribution in [3.05, 3.63) is 36.0 Å². The lowest BCUT2D eigenvalue weighted by Crippen LogP contribution is -2.57. The third-order valence-electron chi connectivity index (χ3n) is 9.62. The second kappa shape index (κ2) is 16.7. The van der Waals surface area contributed by atoms with Crippen LogP contribution in [0.2, 0.25) is 0 Å². The van der Waals surface area contributed by atoms with Crippen molar-refractivity contribution in [2.24, 2.45) is 5.92 Å². The van der Waals surface area contributed by atoms with Crippen molar-refractivity contribution in [1.82, 2.24) is 25.6 Å². The Balaban J connectivity index is 1.66. The number of piperidine rings is 1. The summed E-state index contributed by atoms with van der Waals surface area (Å²) >= 11 is 0. The number of aromatic nitrogens is 1. The standard InChI is InChI=1S/C35H51N5O6/c1-5-23(3)32-31(42)22-39-19-13-12-18-30(39)35(45)36-27(16-9-7-8-14-25(41)6-2)33(43)37-28(34(44)38-32)20-24-21-40(46-4)29-17-11-10-15-26(24)29/h10-11,15,17,21,23,27-28,30,32H,5-9,12-14,16,18-20,22H2,1-4H3,(H,36,45)(H,37,43)(H,38,44)/t23-,27-,28-,30+,32-/m0/s1. The SMILES string of the molecule is CCC(=O)CCCCC[C@@H]1NC(=O)[C@H]2CCCCN2CC(=O)[C@H]([C@@H](C)CC)NC(=O)[C@H](Cc2cn(OC)c3ccccc23)NC1=O. The fraction of sp³-hybridized carbons (Fsp3) is 0.629. The molecule has 0 bridgehead atoms. The van der Waals surface area contributed by atoms with Gasteiger partial charge in [-0.25, -0.2) is 0 Å². The molecule has 46 heavy (non-hydrogen) atoms. The van der Waals surface area contributed by atoms with Gasteiger partial charge in [-0.1, -0.05) is 64.7 Å². The van der Waals surface area contributed by atoms with E-state index in [9.17, 15) is 24.0 Å². The highest BCUT2D eigenvalue weighted by Crippen LogP contribution is 2.23. The van der Waals surface area contributed by atoms with Crippen molar-refractivity contribution in [2.75, 3.05) is 20.2 Å². The van der Waals surface area contributed by atoms with E-state index in [0.717, 1.165) is 42.1 Å². The van der Waals surface area contributed by atoms with Crippen molar-refractivity contribution >= 4 is 40.2 Å². The quantitative estimate of drug-likeness (QED) is 0.304. The lowest BCUT2D eigenvalue weighted by Gasteiger charge is -2.36. The molecule has 3 N–H and O–H groups in total. The molecule has 11 heteroatoms. The third kappa shape index (κ3) is 8.74. The minimum absolute atomic E-state index is 0.0524. The van der Waals surface area contributed by atoms with Crippen LogP contribution in [0.4, 0.5) is 0 Å². The summed E-state index contributed by atoms with van der Waals surface area (Å²) in [5.41, 5.74) is 1.62. The van der Waals surface area contributed by atoms with Crippen LogP contribution < -0.4 is 20.8 Å². The first-order valence-corrected chi connectivity index (χ1v) is 17.0. The summed E-state index contributed by atoms with van der Waals surface area (Å²) in [5.74, 6) is -1.23. The second-order valence-corrected chi connectivity index (χ2v) is 12.8. The Morgan fingerprint density at radius 2 is 1.70 bits per heavy atom. The van der Waals surface area contributed by atoms with Gasteiger partial charge in [-0.15, -0.1) is 0 Å². The number of amides is 3. The number of benzene rings is 1. The van der Waals surface area contributed by atoms with Gasteiger partial charge in [0.15, 0.2) is 5.78 Å². The van der Waals surface area contributed by atoms with Crippen molar-refractivity contribution in [2.45, 2.75) is 116 Å². The fourth-order valence-electron chi connectivity index (χ4n) is 6.60. The van der Waals surface area contributed by atoms with Gasteiger partial charge in [0, 0.05) is 30.8 Å². The topological polar surface area (TPSA) is 139 Å². The molecule has 3 heterocycles. The van der Waals surface area contributed by atoms with Crippen LogP contribution in [0.5, 0.6) is 0 Å². The monoisotopic (exact) mass is 637 g/mol. The van der Waals surface area contributed by atoms with Crippen LogP contribution in [0.25, 0.3) is 10.9 Å². The van der Waals surface area contributed by atoms with E-state index in [4.69, 9.17) is 4.84 Å². The number of nitrogens with one attached hydrogen (secondary N) is 3. The number of unbranched alkanes of at least 4 members (excludes halogenated alkanes) is 2. The third-order valence-corrected chi connectivity index (χ3v) is 9.62. The van der Waals surface area contributed by atoms with E-state index in [1.165, 1.54) is 0 Å². The zero-order valence-electron chi connectivity index (χ0n) is 27.8. The number of hydrogen-bond donors (Lipinski definition) is 3. The van der Waals surface area contributed by atoms with Gasteiger partial charge in [0.25, 0.3) is 0 Å². The highest BCUT2D eigenvalue weighted by atomic mass is 16.6. The van der Waals surface area contributed by atoms with Gasteiger partial charge >= 0.3 is 0 Å². The van der Waals surface area contributed by atoms with E-state index in [0.29, 0.717) is 45.1 Å². The molecule has 1 aromatic heterocycles. The molecule has 1 aromatic carbocycles. The summed E-state index contributed by atoms with van der Waals surface area (Å²) in [6, 6.07) is 4.50. The molecule has 252 valence electrons. The highest BCUT2D eigenvalue weighted by Gasteiger charge is 2.37. The first kappa shape index (κ1) is 35.1. The van der Waals surface area contributed by atoms with Gasteiger partial charge < -0.3 is 20.8 Å². The van der Waals surface area contributed by atoms with E-state index in [1.54, 1.807) is 18.0 Å². The molecule has 0 radical (unpaired) electrons. The first-order valence-electron chi connectivity index (χ1n) is 17.0. The molecule has 2 aliphatic heterocycles. The van der Waals surface area contributed by atoms with Gasteiger partial charge in [-0.2, -0.15) is 4.73 Å². The number of rotatable bonds is 12. The predicted octanol–water partition coefficient (Wildman–Crippen LogP) is 3.11. The van der Waals surface area contributed by atoms with Crippen LogP contribution in [0.15, 0.2) is 30.5 Å². The molecule has 0 unspecified atom stereocenters. The second-order valence-electron chi connectivity index (χ2n) is 12.8. The van der Waals surface area contributed by atoms with E-state index in [1.807, 2.05) is 49.9 Å². The van der Waals surface area contributed by atoms with E-state index in [2.05, 4.69) is 16.0 Å². The Morgan fingerprint density at radius 3 is 2.43 bits per heavy atom. The van der Waals surface area contributed by atoms with Crippen LogP contribution >= 0.6 is 0 Å². The van der Waals surface area contributed by atoms with Gasteiger partial charge in [0.1, 0.15) is 25.0 Å². The number of Topliss-reactive ketones (excluding diaryl/α,β-unsaturated/α-hetero) is 2. The van der Waals surface area contributed by atoms with Crippen molar-refractivity contribution in [1.29, 1.82) is 0 Å². The fourth-order valence-corrected chi connectivity index (χ4v) is 6.60. The minimum atomic E-state index is -1.01. The molecule has 0 aliphatic carbocycles.